The lowest BCUT2D eigenvalue weighted by molar-refractivity contribution is -0.136. The van der Waals surface area contributed by atoms with Crippen LogP contribution in [0.1, 0.15) is 52.0 Å². The summed E-state index contributed by atoms with van der Waals surface area (Å²) in [5, 5.41) is 12.3. The highest BCUT2D eigenvalue weighted by Gasteiger charge is 2.39. The van der Waals surface area contributed by atoms with Crippen LogP contribution in [0.4, 0.5) is 0 Å². The molecule has 0 aliphatic carbocycles. The van der Waals surface area contributed by atoms with Crippen LogP contribution in [0, 0.1) is 5.41 Å². The molecule has 0 spiro atoms. The van der Waals surface area contributed by atoms with Crippen LogP contribution in [-0.4, -0.2) is 47.1 Å². The number of nitrogens with one attached hydrogen (secondary N) is 1. The number of halogens is 1. The number of piperidine rings is 1. The highest BCUT2D eigenvalue weighted by atomic mass is 35.5. The number of carbonyl (C=O) groups excluding carboxylic acids is 2. The number of amides is 2. The van der Waals surface area contributed by atoms with Crippen molar-refractivity contribution in [1.82, 2.24) is 10.2 Å². The molecule has 0 aromatic heterocycles. The lowest BCUT2D eigenvalue weighted by atomic mass is 9.70. The summed E-state index contributed by atoms with van der Waals surface area (Å²) in [5.74, 6) is -0.0774. The van der Waals surface area contributed by atoms with E-state index in [4.69, 9.17) is 16.7 Å². The molecule has 144 valence electrons. The highest BCUT2D eigenvalue weighted by Crippen LogP contribution is 2.42. The van der Waals surface area contributed by atoms with Crippen LogP contribution >= 0.6 is 11.6 Å². The Morgan fingerprint density at radius 2 is 1.92 bits per heavy atom. The Kier molecular flexibility index (Phi) is 6.35. The molecule has 2 N–H and O–H groups in total. The number of aliphatic hydroxyl groups excluding tert-OH is 1. The second-order valence-electron chi connectivity index (χ2n) is 8.46. The number of likely N-dealkylation sites (tertiary alicyclic amines) is 1. The molecule has 6 heteroatoms. The molecule has 1 unspecified atom stereocenters. The molecule has 26 heavy (non-hydrogen) atoms. The van der Waals surface area contributed by atoms with Crippen molar-refractivity contribution < 1.29 is 14.7 Å². The minimum atomic E-state index is -0.686. The van der Waals surface area contributed by atoms with Gasteiger partial charge in [0.2, 0.25) is 11.8 Å². The first-order valence-electron chi connectivity index (χ1n) is 8.99. The van der Waals surface area contributed by atoms with Gasteiger partial charge in [-0.2, -0.15) is 0 Å². The molecular weight excluding hydrogens is 352 g/mol. The highest BCUT2D eigenvalue weighted by molar-refractivity contribution is 6.30. The number of hydrogen-bond acceptors (Lipinski definition) is 3. The third-order valence-electron chi connectivity index (χ3n) is 5.07. The van der Waals surface area contributed by atoms with E-state index in [-0.39, 0.29) is 17.7 Å². The molecule has 5 nitrogen and oxygen atoms in total. The number of nitrogens with zero attached hydrogens (tertiary/aromatic N) is 1. The summed E-state index contributed by atoms with van der Waals surface area (Å²) in [7, 11) is 0. The average molecular weight is 381 g/mol. The van der Waals surface area contributed by atoms with Crippen LogP contribution in [0.3, 0.4) is 0 Å². The fraction of sp³-hybridized carbons (Fsp3) is 0.600. The van der Waals surface area contributed by atoms with Gasteiger partial charge >= 0.3 is 0 Å². The minimum absolute atomic E-state index is 0.0240. The Bertz CT molecular complexity index is 656. The van der Waals surface area contributed by atoms with E-state index in [0.717, 1.165) is 11.4 Å². The Labute approximate surface area is 160 Å². The van der Waals surface area contributed by atoms with Gasteiger partial charge in [0.25, 0.3) is 0 Å². The standard InChI is InChI=1S/C20H29ClN2O3/c1-19(2)13-23(18(26)11-20(3,4)22-17(25)12-24)10-9-16(19)14-5-7-15(21)8-6-14/h5-8,16,24H,9-13H2,1-4H3,(H,22,25). The van der Waals surface area contributed by atoms with E-state index in [2.05, 4.69) is 31.3 Å². The molecule has 0 radical (unpaired) electrons. The van der Waals surface area contributed by atoms with Crippen molar-refractivity contribution in [2.75, 3.05) is 19.7 Å². The van der Waals surface area contributed by atoms with Crippen molar-refractivity contribution >= 4 is 23.4 Å². The molecule has 1 heterocycles. The van der Waals surface area contributed by atoms with Gasteiger partial charge in [0.05, 0.1) is 0 Å². The van der Waals surface area contributed by atoms with Crippen molar-refractivity contribution in [1.29, 1.82) is 0 Å². The molecule has 1 atom stereocenters. The van der Waals surface area contributed by atoms with E-state index in [1.54, 1.807) is 13.8 Å². The smallest absolute Gasteiger partial charge is 0.246 e. The van der Waals surface area contributed by atoms with E-state index in [1.165, 1.54) is 5.56 Å². The summed E-state index contributed by atoms with van der Waals surface area (Å²) in [6.45, 7) is 8.75. The van der Waals surface area contributed by atoms with Gasteiger partial charge in [-0.1, -0.05) is 37.6 Å². The number of hydrogen-bond donors (Lipinski definition) is 2. The topological polar surface area (TPSA) is 69.6 Å². The van der Waals surface area contributed by atoms with Crippen LogP contribution in [0.15, 0.2) is 24.3 Å². The molecular formula is C20H29ClN2O3. The van der Waals surface area contributed by atoms with Crippen LogP contribution in [0.2, 0.25) is 5.02 Å². The van der Waals surface area contributed by atoms with E-state index < -0.39 is 18.1 Å². The van der Waals surface area contributed by atoms with Crippen molar-refractivity contribution in [3.05, 3.63) is 34.9 Å². The molecule has 1 saturated heterocycles. The molecule has 1 aromatic rings. The second kappa shape index (κ2) is 7.97. The van der Waals surface area contributed by atoms with Gasteiger partial charge in [-0.05, 0) is 49.3 Å². The quantitative estimate of drug-likeness (QED) is 0.825. The predicted octanol–water partition coefficient (Wildman–Crippen LogP) is 2.96. The fourth-order valence-electron chi connectivity index (χ4n) is 3.83. The van der Waals surface area contributed by atoms with Crippen LogP contribution in [0.5, 0.6) is 0 Å². The maximum absolute atomic E-state index is 12.8. The molecule has 0 saturated carbocycles. The zero-order valence-electron chi connectivity index (χ0n) is 16.0. The molecule has 1 aromatic carbocycles. The molecule has 1 aliphatic heterocycles. The van der Waals surface area contributed by atoms with E-state index >= 15 is 0 Å². The Morgan fingerprint density at radius 1 is 1.31 bits per heavy atom. The van der Waals surface area contributed by atoms with Crippen LogP contribution < -0.4 is 5.32 Å². The third kappa shape index (κ3) is 5.21. The Balaban J connectivity index is 2.03. The number of aliphatic hydroxyl groups is 1. The summed E-state index contributed by atoms with van der Waals surface area (Å²) in [5.41, 5.74) is 0.510. The zero-order valence-corrected chi connectivity index (χ0v) is 16.8. The summed E-state index contributed by atoms with van der Waals surface area (Å²) in [6.07, 6.45) is 1.10. The monoisotopic (exact) mass is 380 g/mol. The fourth-order valence-corrected chi connectivity index (χ4v) is 3.96. The molecule has 1 fully saturated rings. The summed E-state index contributed by atoms with van der Waals surface area (Å²) >= 11 is 6.00. The third-order valence-corrected chi connectivity index (χ3v) is 5.32. The van der Waals surface area contributed by atoms with E-state index in [9.17, 15) is 9.59 Å². The maximum atomic E-state index is 12.8. The van der Waals surface area contributed by atoms with Gasteiger partial charge < -0.3 is 15.3 Å². The van der Waals surface area contributed by atoms with Crippen molar-refractivity contribution in [2.24, 2.45) is 5.41 Å². The van der Waals surface area contributed by atoms with Crippen LogP contribution in [0.25, 0.3) is 0 Å². The normalized spacial score (nSPS) is 19.9. The Morgan fingerprint density at radius 3 is 2.46 bits per heavy atom. The number of benzene rings is 1. The SMILES string of the molecule is CC(C)(CC(=O)N1CCC(c2ccc(Cl)cc2)C(C)(C)C1)NC(=O)CO. The van der Waals surface area contributed by atoms with Crippen molar-refractivity contribution in [3.63, 3.8) is 0 Å². The number of rotatable bonds is 5. The Hall–Kier alpha value is -1.59. The first-order valence-corrected chi connectivity index (χ1v) is 9.37. The molecule has 2 amide bonds. The van der Waals surface area contributed by atoms with Crippen LogP contribution in [-0.2, 0) is 9.59 Å². The van der Waals surface area contributed by atoms with Gasteiger partial charge in [0, 0.05) is 30.1 Å². The average Bonchev–Trinajstić information content (AvgIpc) is 2.54. The molecule has 1 aliphatic rings. The van der Waals surface area contributed by atoms with Crippen molar-refractivity contribution in [2.45, 2.75) is 52.0 Å². The van der Waals surface area contributed by atoms with Gasteiger partial charge in [-0.15, -0.1) is 0 Å². The van der Waals surface area contributed by atoms with Gasteiger partial charge in [0.1, 0.15) is 6.61 Å². The van der Waals surface area contributed by atoms with Crippen molar-refractivity contribution in [3.8, 4) is 0 Å². The summed E-state index contributed by atoms with van der Waals surface area (Å²) in [4.78, 5) is 26.1. The van der Waals surface area contributed by atoms with E-state index in [0.29, 0.717) is 19.0 Å². The van der Waals surface area contributed by atoms with Gasteiger partial charge in [-0.3, -0.25) is 9.59 Å². The maximum Gasteiger partial charge on any atom is 0.246 e. The molecule has 2 rings (SSSR count). The number of carbonyl (C=O) groups is 2. The van der Waals surface area contributed by atoms with Gasteiger partial charge in [0.15, 0.2) is 0 Å². The van der Waals surface area contributed by atoms with E-state index in [1.807, 2.05) is 17.0 Å². The zero-order chi connectivity index (χ0) is 19.5. The predicted molar refractivity (Wildman–Crippen MR) is 103 cm³/mol. The largest absolute Gasteiger partial charge is 0.387 e. The second-order valence-corrected chi connectivity index (χ2v) is 8.90. The first-order chi connectivity index (χ1) is 12.0. The summed E-state index contributed by atoms with van der Waals surface area (Å²) in [6, 6.07) is 7.97. The minimum Gasteiger partial charge on any atom is -0.387 e. The lowest BCUT2D eigenvalue weighted by Gasteiger charge is -2.45. The molecule has 0 bridgehead atoms. The lowest BCUT2D eigenvalue weighted by Crippen LogP contribution is -2.52. The van der Waals surface area contributed by atoms with Gasteiger partial charge in [-0.25, -0.2) is 0 Å². The summed E-state index contributed by atoms with van der Waals surface area (Å²) < 4.78 is 0. The first kappa shape index (κ1) is 20.7.